The van der Waals surface area contributed by atoms with Gasteiger partial charge in [-0.25, -0.2) is 4.79 Å². The largest absolute Gasteiger partial charge is 0.573 e. The lowest BCUT2D eigenvalue weighted by Crippen LogP contribution is -2.53. The highest BCUT2D eigenvalue weighted by Gasteiger charge is 2.32. The Labute approximate surface area is 154 Å². The maximum atomic E-state index is 12.3. The minimum Gasteiger partial charge on any atom is -0.406 e. The van der Waals surface area contributed by atoms with E-state index < -0.39 is 6.36 Å². The molecule has 0 saturated carbocycles. The molecule has 7 nitrogen and oxygen atoms in total. The molecule has 2 heterocycles. The summed E-state index contributed by atoms with van der Waals surface area (Å²) in [7, 11) is 0. The lowest BCUT2D eigenvalue weighted by atomic mass is 10.2. The number of hydrogen-bond donors (Lipinski definition) is 1. The normalized spacial score (nSPS) is 20.5. The minimum absolute atomic E-state index is 0.0344. The van der Waals surface area contributed by atoms with Crippen LogP contribution in [0.4, 0.5) is 23.7 Å². The van der Waals surface area contributed by atoms with Gasteiger partial charge in [0.25, 0.3) is 5.91 Å². The van der Waals surface area contributed by atoms with Crippen LogP contribution in [-0.2, 0) is 9.53 Å². The van der Waals surface area contributed by atoms with Crippen molar-refractivity contribution in [2.24, 2.45) is 0 Å². The van der Waals surface area contributed by atoms with Crippen LogP contribution in [0.15, 0.2) is 24.3 Å². The lowest BCUT2D eigenvalue weighted by molar-refractivity contribution is -0.274. The predicted molar refractivity (Wildman–Crippen MR) is 89.3 cm³/mol. The Morgan fingerprint density at radius 3 is 2.26 bits per heavy atom. The number of ether oxygens (including phenoxy) is 2. The molecule has 2 saturated heterocycles. The molecule has 1 atom stereocenters. The van der Waals surface area contributed by atoms with Crippen molar-refractivity contribution in [1.29, 1.82) is 0 Å². The van der Waals surface area contributed by atoms with E-state index in [0.717, 1.165) is 25.0 Å². The number of nitrogens with zero attached hydrogens (tertiary/aromatic N) is 2. The summed E-state index contributed by atoms with van der Waals surface area (Å²) >= 11 is 0. The van der Waals surface area contributed by atoms with Crippen molar-refractivity contribution in [2.45, 2.75) is 25.3 Å². The van der Waals surface area contributed by atoms with Crippen LogP contribution in [0.1, 0.15) is 12.8 Å². The molecule has 2 fully saturated rings. The smallest absolute Gasteiger partial charge is 0.406 e. The zero-order chi connectivity index (χ0) is 19.4. The summed E-state index contributed by atoms with van der Waals surface area (Å²) in [6.45, 7) is 2.19. The molecule has 10 heteroatoms. The number of nitrogens with one attached hydrogen (secondary N) is 1. The molecule has 3 amide bonds. The first-order chi connectivity index (χ1) is 12.8. The number of alkyl halides is 3. The molecule has 1 unspecified atom stereocenters. The van der Waals surface area contributed by atoms with E-state index in [1.54, 1.807) is 9.80 Å². The molecule has 0 aliphatic carbocycles. The van der Waals surface area contributed by atoms with Gasteiger partial charge in [-0.1, -0.05) is 0 Å². The third-order valence-electron chi connectivity index (χ3n) is 4.42. The zero-order valence-electron chi connectivity index (χ0n) is 14.5. The van der Waals surface area contributed by atoms with E-state index >= 15 is 0 Å². The summed E-state index contributed by atoms with van der Waals surface area (Å²) in [6, 6.07) is 4.54. The van der Waals surface area contributed by atoms with E-state index in [1.165, 1.54) is 12.1 Å². The Balaban J connectivity index is 1.47. The third-order valence-corrected chi connectivity index (χ3v) is 4.42. The second-order valence-corrected chi connectivity index (χ2v) is 6.32. The number of piperazine rings is 1. The van der Waals surface area contributed by atoms with Gasteiger partial charge in [0.2, 0.25) is 0 Å². The van der Waals surface area contributed by atoms with E-state index in [1.807, 2.05) is 0 Å². The third kappa shape index (κ3) is 5.25. The van der Waals surface area contributed by atoms with Gasteiger partial charge in [0.1, 0.15) is 11.9 Å². The number of rotatable bonds is 3. The highest BCUT2D eigenvalue weighted by atomic mass is 19.4. The summed E-state index contributed by atoms with van der Waals surface area (Å²) in [5.74, 6) is -0.394. The molecule has 3 rings (SSSR count). The van der Waals surface area contributed by atoms with Crippen molar-refractivity contribution in [2.75, 3.05) is 38.1 Å². The number of amides is 3. The summed E-state index contributed by atoms with van der Waals surface area (Å²) in [4.78, 5) is 27.8. The fraction of sp³-hybridized carbons (Fsp3) is 0.529. The van der Waals surface area contributed by atoms with Crippen LogP contribution in [0.2, 0.25) is 0 Å². The molecule has 1 N–H and O–H groups in total. The molecule has 1 aromatic carbocycles. The fourth-order valence-corrected chi connectivity index (χ4v) is 3.05. The Morgan fingerprint density at radius 1 is 1.07 bits per heavy atom. The van der Waals surface area contributed by atoms with Crippen LogP contribution in [0, 0.1) is 0 Å². The predicted octanol–water partition coefficient (Wildman–Crippen LogP) is 2.44. The van der Waals surface area contributed by atoms with E-state index in [0.29, 0.717) is 38.5 Å². The van der Waals surface area contributed by atoms with Gasteiger partial charge in [-0.05, 0) is 37.1 Å². The van der Waals surface area contributed by atoms with Gasteiger partial charge in [-0.3, -0.25) is 4.79 Å². The molecule has 0 bridgehead atoms. The van der Waals surface area contributed by atoms with Crippen molar-refractivity contribution >= 4 is 17.6 Å². The van der Waals surface area contributed by atoms with Crippen molar-refractivity contribution in [3.8, 4) is 5.75 Å². The van der Waals surface area contributed by atoms with Crippen LogP contribution in [0.3, 0.4) is 0 Å². The van der Waals surface area contributed by atoms with Crippen LogP contribution in [0.25, 0.3) is 0 Å². The van der Waals surface area contributed by atoms with Gasteiger partial charge in [0.05, 0.1) is 0 Å². The minimum atomic E-state index is -4.76. The number of urea groups is 1. The monoisotopic (exact) mass is 387 g/mol. The second kappa shape index (κ2) is 8.03. The molecule has 0 radical (unpaired) electrons. The molecular weight excluding hydrogens is 367 g/mol. The van der Waals surface area contributed by atoms with Crippen LogP contribution in [0.5, 0.6) is 5.75 Å². The molecular formula is C17H20F3N3O4. The molecule has 1 aromatic rings. The average Bonchev–Trinajstić information content (AvgIpc) is 3.16. The Kier molecular flexibility index (Phi) is 5.73. The van der Waals surface area contributed by atoms with Crippen molar-refractivity contribution in [3.63, 3.8) is 0 Å². The highest BCUT2D eigenvalue weighted by Crippen LogP contribution is 2.24. The number of benzene rings is 1. The number of hydrogen-bond acceptors (Lipinski definition) is 4. The van der Waals surface area contributed by atoms with Crippen molar-refractivity contribution in [1.82, 2.24) is 9.80 Å². The first-order valence-electron chi connectivity index (χ1n) is 8.64. The quantitative estimate of drug-likeness (QED) is 0.865. The SMILES string of the molecule is O=C(Nc1ccc(OC(F)(F)F)cc1)N1CCN(C(=O)C2CCCO2)CC1. The number of anilines is 1. The molecule has 0 aromatic heterocycles. The van der Waals surface area contributed by atoms with Crippen LogP contribution >= 0.6 is 0 Å². The van der Waals surface area contributed by atoms with E-state index in [2.05, 4.69) is 10.1 Å². The van der Waals surface area contributed by atoms with E-state index in [4.69, 9.17) is 4.74 Å². The highest BCUT2D eigenvalue weighted by molar-refractivity contribution is 5.89. The average molecular weight is 387 g/mol. The van der Waals surface area contributed by atoms with Gasteiger partial charge in [0.15, 0.2) is 0 Å². The van der Waals surface area contributed by atoms with Crippen molar-refractivity contribution < 1.29 is 32.2 Å². The maximum Gasteiger partial charge on any atom is 0.573 e. The van der Waals surface area contributed by atoms with E-state index in [9.17, 15) is 22.8 Å². The van der Waals surface area contributed by atoms with Crippen LogP contribution < -0.4 is 10.1 Å². The van der Waals surface area contributed by atoms with Gasteiger partial charge < -0.3 is 24.6 Å². The fourth-order valence-electron chi connectivity index (χ4n) is 3.05. The number of halogens is 3. The van der Waals surface area contributed by atoms with Crippen LogP contribution in [-0.4, -0.2) is 67.0 Å². The topological polar surface area (TPSA) is 71.1 Å². The summed E-state index contributed by atoms with van der Waals surface area (Å²) < 4.78 is 45.6. The zero-order valence-corrected chi connectivity index (χ0v) is 14.5. The first-order valence-corrected chi connectivity index (χ1v) is 8.64. The Hall–Kier alpha value is -2.49. The van der Waals surface area contributed by atoms with E-state index in [-0.39, 0.29) is 23.8 Å². The Morgan fingerprint density at radius 2 is 1.70 bits per heavy atom. The summed E-state index contributed by atoms with van der Waals surface area (Å²) in [5, 5.41) is 2.62. The van der Waals surface area contributed by atoms with Gasteiger partial charge in [0, 0.05) is 38.5 Å². The maximum absolute atomic E-state index is 12.3. The molecule has 2 aliphatic rings. The summed E-state index contributed by atoms with van der Waals surface area (Å²) in [6.07, 6.45) is -3.52. The number of carbonyl (C=O) groups is 2. The van der Waals surface area contributed by atoms with Gasteiger partial charge in [-0.15, -0.1) is 13.2 Å². The first kappa shape index (κ1) is 19.3. The molecule has 148 valence electrons. The molecule has 27 heavy (non-hydrogen) atoms. The number of carbonyl (C=O) groups excluding carboxylic acids is 2. The van der Waals surface area contributed by atoms with Crippen molar-refractivity contribution in [3.05, 3.63) is 24.3 Å². The van der Waals surface area contributed by atoms with Gasteiger partial charge in [-0.2, -0.15) is 0 Å². The molecule has 2 aliphatic heterocycles. The molecule has 0 spiro atoms. The second-order valence-electron chi connectivity index (χ2n) is 6.32. The van der Waals surface area contributed by atoms with Gasteiger partial charge >= 0.3 is 12.4 Å². The Bertz CT molecular complexity index is 667. The lowest BCUT2D eigenvalue weighted by Gasteiger charge is -2.35. The summed E-state index contributed by atoms with van der Waals surface area (Å²) in [5.41, 5.74) is 0.354. The standard InChI is InChI=1S/C17H20F3N3O4/c18-17(19,20)27-13-5-3-12(4-6-13)21-16(25)23-9-7-22(8-10-23)15(24)14-2-1-11-26-14/h3-6,14H,1-2,7-11H2,(H,21,25).